The Balaban J connectivity index is 1.85. The summed E-state index contributed by atoms with van der Waals surface area (Å²) in [5.74, 6) is 1.05. The van der Waals surface area contributed by atoms with Crippen molar-refractivity contribution in [2.75, 3.05) is 26.2 Å². The number of aromatic nitrogens is 3. The molecule has 0 aliphatic carbocycles. The van der Waals surface area contributed by atoms with Crippen molar-refractivity contribution in [2.24, 2.45) is 0 Å². The van der Waals surface area contributed by atoms with Gasteiger partial charge in [-0.05, 0) is 13.3 Å². The van der Waals surface area contributed by atoms with Crippen LogP contribution >= 0.6 is 0 Å². The van der Waals surface area contributed by atoms with Gasteiger partial charge in [0.2, 0.25) is 0 Å². The van der Waals surface area contributed by atoms with E-state index in [0.717, 1.165) is 51.5 Å². The SMILES string of the molecule is CCCn1ncnc1CN1CCN(C(C)C#N)CC1. The second-order valence-electron chi connectivity index (χ2n) is 5.02. The highest BCUT2D eigenvalue weighted by atomic mass is 15.4. The van der Waals surface area contributed by atoms with Crippen molar-refractivity contribution in [3.8, 4) is 6.07 Å². The molecule has 1 fully saturated rings. The molecule has 0 bridgehead atoms. The van der Waals surface area contributed by atoms with Gasteiger partial charge in [0.25, 0.3) is 0 Å². The van der Waals surface area contributed by atoms with E-state index in [2.05, 4.69) is 32.9 Å². The van der Waals surface area contributed by atoms with Crippen molar-refractivity contribution in [2.45, 2.75) is 39.4 Å². The molecule has 0 N–H and O–H groups in total. The van der Waals surface area contributed by atoms with Crippen molar-refractivity contribution in [3.63, 3.8) is 0 Å². The Labute approximate surface area is 114 Å². The minimum atomic E-state index is 0.0193. The van der Waals surface area contributed by atoms with E-state index in [1.165, 1.54) is 0 Å². The molecule has 0 aromatic carbocycles. The molecule has 1 aromatic heterocycles. The third-order valence-corrected chi connectivity index (χ3v) is 3.64. The van der Waals surface area contributed by atoms with Gasteiger partial charge in [0.15, 0.2) is 0 Å². The fraction of sp³-hybridized carbons (Fsp3) is 0.769. The Morgan fingerprint density at radius 3 is 2.74 bits per heavy atom. The van der Waals surface area contributed by atoms with Gasteiger partial charge in [-0.3, -0.25) is 9.80 Å². The Hall–Kier alpha value is -1.45. The van der Waals surface area contributed by atoms with Crippen molar-refractivity contribution >= 4 is 0 Å². The second-order valence-corrected chi connectivity index (χ2v) is 5.02. The number of piperazine rings is 1. The summed E-state index contributed by atoms with van der Waals surface area (Å²) in [5.41, 5.74) is 0. The molecular weight excluding hydrogens is 240 g/mol. The van der Waals surface area contributed by atoms with Gasteiger partial charge in [0, 0.05) is 32.7 Å². The van der Waals surface area contributed by atoms with Gasteiger partial charge < -0.3 is 0 Å². The number of rotatable bonds is 5. The van der Waals surface area contributed by atoms with Crippen LogP contribution in [0.4, 0.5) is 0 Å². The van der Waals surface area contributed by atoms with Crippen LogP contribution in [-0.4, -0.2) is 56.8 Å². The maximum atomic E-state index is 8.93. The van der Waals surface area contributed by atoms with Crippen molar-refractivity contribution < 1.29 is 0 Å². The van der Waals surface area contributed by atoms with Crippen molar-refractivity contribution in [1.82, 2.24) is 24.6 Å². The maximum absolute atomic E-state index is 8.93. The first kappa shape index (κ1) is 14.0. The van der Waals surface area contributed by atoms with E-state index >= 15 is 0 Å². The monoisotopic (exact) mass is 262 g/mol. The Bertz CT molecular complexity index is 427. The number of nitrogens with zero attached hydrogens (tertiary/aromatic N) is 6. The maximum Gasteiger partial charge on any atom is 0.141 e. The lowest BCUT2D eigenvalue weighted by Gasteiger charge is -2.35. The largest absolute Gasteiger partial charge is 0.293 e. The summed E-state index contributed by atoms with van der Waals surface area (Å²) in [6.07, 6.45) is 2.71. The number of aryl methyl sites for hydroxylation is 1. The molecule has 1 saturated heterocycles. The fourth-order valence-electron chi connectivity index (χ4n) is 2.40. The molecule has 1 aromatic rings. The average molecular weight is 262 g/mol. The third kappa shape index (κ3) is 3.52. The second kappa shape index (κ2) is 6.64. The molecule has 0 saturated carbocycles. The molecule has 2 heterocycles. The molecule has 1 aliphatic rings. The molecule has 2 rings (SSSR count). The highest BCUT2D eigenvalue weighted by Gasteiger charge is 2.21. The zero-order valence-electron chi connectivity index (χ0n) is 11.8. The van der Waals surface area contributed by atoms with E-state index < -0.39 is 0 Å². The molecule has 1 unspecified atom stereocenters. The topological polar surface area (TPSA) is 61.0 Å². The van der Waals surface area contributed by atoms with Crippen LogP contribution in [-0.2, 0) is 13.1 Å². The van der Waals surface area contributed by atoms with Crippen LogP contribution in [0.3, 0.4) is 0 Å². The predicted octanol–water partition coefficient (Wildman–Crippen LogP) is 0.718. The summed E-state index contributed by atoms with van der Waals surface area (Å²) in [7, 11) is 0. The number of hydrogen-bond donors (Lipinski definition) is 0. The molecule has 6 heteroatoms. The Morgan fingerprint density at radius 1 is 1.37 bits per heavy atom. The smallest absolute Gasteiger partial charge is 0.141 e. The summed E-state index contributed by atoms with van der Waals surface area (Å²) in [5, 5.41) is 13.2. The van der Waals surface area contributed by atoms with Crippen LogP contribution in [0.1, 0.15) is 26.1 Å². The molecule has 19 heavy (non-hydrogen) atoms. The van der Waals surface area contributed by atoms with Crippen LogP contribution in [0.15, 0.2) is 6.33 Å². The lowest BCUT2D eigenvalue weighted by Crippen LogP contribution is -2.49. The minimum absolute atomic E-state index is 0.0193. The molecular formula is C13H22N6. The van der Waals surface area contributed by atoms with Gasteiger partial charge in [-0.1, -0.05) is 6.92 Å². The molecule has 0 spiro atoms. The van der Waals surface area contributed by atoms with Gasteiger partial charge in [0.05, 0.1) is 18.7 Å². The van der Waals surface area contributed by atoms with E-state index in [9.17, 15) is 0 Å². The molecule has 0 radical (unpaired) electrons. The normalized spacial score (nSPS) is 19.2. The van der Waals surface area contributed by atoms with Crippen molar-refractivity contribution in [1.29, 1.82) is 5.26 Å². The fourth-order valence-corrected chi connectivity index (χ4v) is 2.40. The first-order valence-electron chi connectivity index (χ1n) is 6.97. The van der Waals surface area contributed by atoms with Crippen LogP contribution in [0.2, 0.25) is 0 Å². The van der Waals surface area contributed by atoms with Crippen LogP contribution in [0.5, 0.6) is 0 Å². The molecule has 1 aliphatic heterocycles. The molecule has 0 amide bonds. The van der Waals surface area contributed by atoms with Crippen LogP contribution in [0, 0.1) is 11.3 Å². The lowest BCUT2D eigenvalue weighted by atomic mass is 10.2. The van der Waals surface area contributed by atoms with E-state index in [-0.39, 0.29) is 6.04 Å². The molecule has 6 nitrogen and oxygen atoms in total. The van der Waals surface area contributed by atoms with Gasteiger partial charge in [-0.25, -0.2) is 9.67 Å². The van der Waals surface area contributed by atoms with Gasteiger partial charge in [-0.15, -0.1) is 0 Å². The minimum Gasteiger partial charge on any atom is -0.293 e. The Morgan fingerprint density at radius 2 is 2.11 bits per heavy atom. The van der Waals surface area contributed by atoms with Gasteiger partial charge in [0.1, 0.15) is 12.2 Å². The zero-order valence-corrected chi connectivity index (χ0v) is 11.8. The Kier molecular flexibility index (Phi) is 4.88. The summed E-state index contributed by atoms with van der Waals surface area (Å²) < 4.78 is 1.99. The van der Waals surface area contributed by atoms with E-state index in [1.54, 1.807) is 6.33 Å². The van der Waals surface area contributed by atoms with Gasteiger partial charge >= 0.3 is 0 Å². The highest BCUT2D eigenvalue weighted by molar-refractivity contribution is 4.92. The number of hydrogen-bond acceptors (Lipinski definition) is 5. The van der Waals surface area contributed by atoms with Crippen molar-refractivity contribution in [3.05, 3.63) is 12.2 Å². The third-order valence-electron chi connectivity index (χ3n) is 3.64. The molecule has 104 valence electrons. The first-order valence-corrected chi connectivity index (χ1v) is 6.97. The van der Waals surface area contributed by atoms with E-state index in [0.29, 0.717) is 0 Å². The van der Waals surface area contributed by atoms with Gasteiger partial charge in [-0.2, -0.15) is 10.4 Å². The summed E-state index contributed by atoms with van der Waals surface area (Å²) in [4.78, 5) is 8.96. The highest BCUT2D eigenvalue weighted by Crippen LogP contribution is 2.09. The summed E-state index contributed by atoms with van der Waals surface area (Å²) in [6, 6.07) is 2.32. The summed E-state index contributed by atoms with van der Waals surface area (Å²) in [6.45, 7) is 9.79. The van der Waals surface area contributed by atoms with Crippen LogP contribution in [0.25, 0.3) is 0 Å². The standard InChI is InChI=1S/C13H22N6/c1-3-4-19-13(15-11-16-19)10-17-5-7-18(8-6-17)12(2)9-14/h11-12H,3-8,10H2,1-2H3. The van der Waals surface area contributed by atoms with E-state index in [4.69, 9.17) is 5.26 Å². The predicted molar refractivity (Wildman–Crippen MR) is 72.2 cm³/mol. The summed E-state index contributed by atoms with van der Waals surface area (Å²) >= 11 is 0. The first-order chi connectivity index (χ1) is 9.24. The zero-order chi connectivity index (χ0) is 13.7. The lowest BCUT2D eigenvalue weighted by molar-refractivity contribution is 0.111. The quantitative estimate of drug-likeness (QED) is 0.782. The average Bonchev–Trinajstić information content (AvgIpc) is 2.86. The number of nitriles is 1. The van der Waals surface area contributed by atoms with E-state index in [1.807, 2.05) is 11.6 Å². The van der Waals surface area contributed by atoms with Crippen LogP contribution < -0.4 is 0 Å². The molecule has 1 atom stereocenters.